The monoisotopic (exact) mass is 407 g/mol. The molecule has 2 aromatic rings. The van der Waals surface area contributed by atoms with Crippen LogP contribution in [0.25, 0.3) is 0 Å². The largest absolute Gasteiger partial charge is 0.573 e. The van der Waals surface area contributed by atoms with Gasteiger partial charge in [-0.2, -0.15) is 0 Å². The maximum Gasteiger partial charge on any atom is 0.573 e. The lowest BCUT2D eigenvalue weighted by Gasteiger charge is -2.32. The molecule has 6 nitrogen and oxygen atoms in total. The molecule has 0 unspecified atom stereocenters. The molecule has 2 N–H and O–H groups in total. The molecular formula is C20H20F3N3O3. The van der Waals surface area contributed by atoms with Crippen molar-refractivity contribution in [2.24, 2.45) is 5.92 Å². The van der Waals surface area contributed by atoms with Crippen LogP contribution in [0, 0.1) is 5.92 Å². The van der Waals surface area contributed by atoms with Crippen molar-refractivity contribution in [2.45, 2.75) is 19.2 Å². The molecule has 3 rings (SSSR count). The molecule has 1 aliphatic rings. The van der Waals surface area contributed by atoms with E-state index in [4.69, 9.17) is 0 Å². The Morgan fingerprint density at radius 1 is 0.966 bits per heavy atom. The zero-order valence-electron chi connectivity index (χ0n) is 15.4. The van der Waals surface area contributed by atoms with Gasteiger partial charge in [-0.1, -0.05) is 18.2 Å². The first-order valence-electron chi connectivity index (χ1n) is 9.08. The van der Waals surface area contributed by atoms with Gasteiger partial charge in [-0.25, -0.2) is 4.79 Å². The van der Waals surface area contributed by atoms with E-state index >= 15 is 0 Å². The van der Waals surface area contributed by atoms with Crippen molar-refractivity contribution < 1.29 is 27.5 Å². The van der Waals surface area contributed by atoms with Gasteiger partial charge in [0.2, 0.25) is 5.91 Å². The van der Waals surface area contributed by atoms with E-state index in [-0.39, 0.29) is 24.2 Å². The minimum atomic E-state index is -4.77. The second-order valence-corrected chi connectivity index (χ2v) is 6.64. The first-order valence-corrected chi connectivity index (χ1v) is 9.08. The van der Waals surface area contributed by atoms with Gasteiger partial charge in [-0.3, -0.25) is 4.79 Å². The summed E-state index contributed by atoms with van der Waals surface area (Å²) in [7, 11) is 0. The molecule has 9 heteroatoms. The van der Waals surface area contributed by atoms with E-state index in [1.165, 1.54) is 12.1 Å². The van der Waals surface area contributed by atoms with Crippen LogP contribution in [-0.4, -0.2) is 36.3 Å². The smallest absolute Gasteiger partial charge is 0.406 e. The maximum atomic E-state index is 12.5. The fourth-order valence-corrected chi connectivity index (χ4v) is 3.08. The topological polar surface area (TPSA) is 70.7 Å². The number of carbonyl (C=O) groups is 2. The predicted octanol–water partition coefficient (Wildman–Crippen LogP) is 4.47. The first-order chi connectivity index (χ1) is 13.8. The van der Waals surface area contributed by atoms with Crippen molar-refractivity contribution in [1.29, 1.82) is 0 Å². The average molecular weight is 407 g/mol. The summed E-state index contributed by atoms with van der Waals surface area (Å²) in [5.41, 5.74) is 1.03. The number of alkyl halides is 3. The average Bonchev–Trinajstić information content (AvgIpc) is 2.69. The number of halogens is 3. The van der Waals surface area contributed by atoms with E-state index < -0.39 is 12.3 Å². The molecule has 29 heavy (non-hydrogen) atoms. The Hall–Kier alpha value is -3.23. The molecule has 0 radical (unpaired) electrons. The Morgan fingerprint density at radius 2 is 1.62 bits per heavy atom. The van der Waals surface area contributed by atoms with Crippen LogP contribution in [0.1, 0.15) is 12.8 Å². The summed E-state index contributed by atoms with van der Waals surface area (Å²) in [6, 6.07) is 13.7. The van der Waals surface area contributed by atoms with Gasteiger partial charge in [-0.05, 0) is 49.2 Å². The first kappa shape index (κ1) is 20.5. The minimum absolute atomic E-state index is 0.264. The molecule has 0 spiro atoms. The zero-order chi connectivity index (χ0) is 20.9. The Labute approximate surface area is 165 Å². The molecule has 0 saturated carbocycles. The Bertz CT molecular complexity index is 842. The highest BCUT2D eigenvalue weighted by atomic mass is 19.4. The molecule has 1 atom stereocenters. The van der Waals surface area contributed by atoms with Crippen LogP contribution in [0.4, 0.5) is 29.3 Å². The number of ether oxygens (including phenoxy) is 1. The van der Waals surface area contributed by atoms with Crippen LogP contribution >= 0.6 is 0 Å². The van der Waals surface area contributed by atoms with Gasteiger partial charge in [0.1, 0.15) is 5.75 Å². The van der Waals surface area contributed by atoms with Crippen LogP contribution in [0.15, 0.2) is 54.6 Å². The Kier molecular flexibility index (Phi) is 6.26. The van der Waals surface area contributed by atoms with Crippen molar-refractivity contribution in [3.05, 3.63) is 54.6 Å². The molecule has 0 bridgehead atoms. The van der Waals surface area contributed by atoms with E-state index in [9.17, 15) is 22.8 Å². The fraction of sp³-hybridized carbons (Fsp3) is 0.300. The zero-order valence-corrected chi connectivity index (χ0v) is 15.4. The number of para-hydroxylation sites is 1. The van der Waals surface area contributed by atoms with Crippen molar-refractivity contribution in [3.8, 4) is 5.75 Å². The summed E-state index contributed by atoms with van der Waals surface area (Å²) in [5.74, 6) is -1.06. The lowest BCUT2D eigenvalue weighted by atomic mass is 9.97. The molecule has 0 aromatic heterocycles. The molecule has 3 amide bonds. The number of nitrogens with one attached hydrogen (secondary N) is 2. The highest BCUT2D eigenvalue weighted by molar-refractivity contribution is 5.94. The number of piperidine rings is 1. The van der Waals surface area contributed by atoms with E-state index in [1.54, 1.807) is 17.0 Å². The summed E-state index contributed by atoms with van der Waals surface area (Å²) >= 11 is 0. The van der Waals surface area contributed by atoms with Crippen LogP contribution in [0.3, 0.4) is 0 Å². The molecule has 2 aromatic carbocycles. The standard InChI is InChI=1S/C20H20F3N3O3/c21-20(22,23)29-17-10-8-16(9-11-17)24-18(27)14-5-4-12-26(13-14)19(28)25-15-6-2-1-3-7-15/h1-3,6-11,14H,4-5,12-13H2,(H,24,27)(H,25,28)/t14-/m1/s1. The molecule has 1 heterocycles. The van der Waals surface area contributed by atoms with Gasteiger partial charge >= 0.3 is 12.4 Å². The Morgan fingerprint density at radius 3 is 2.28 bits per heavy atom. The van der Waals surface area contributed by atoms with E-state index in [0.29, 0.717) is 30.8 Å². The molecule has 1 saturated heterocycles. The SMILES string of the molecule is O=C(Nc1ccc(OC(F)(F)F)cc1)[C@@H]1CCCN(C(=O)Nc2ccccc2)C1. The number of amides is 3. The van der Waals surface area contributed by atoms with Gasteiger partial charge in [0.25, 0.3) is 0 Å². The number of hydrogen-bond donors (Lipinski definition) is 2. The third kappa shape index (κ3) is 6.13. The van der Waals surface area contributed by atoms with Gasteiger partial charge in [-0.15, -0.1) is 13.2 Å². The number of anilines is 2. The third-order valence-corrected chi connectivity index (χ3v) is 4.46. The lowest BCUT2D eigenvalue weighted by Crippen LogP contribution is -2.45. The van der Waals surface area contributed by atoms with Crippen molar-refractivity contribution in [2.75, 3.05) is 23.7 Å². The lowest BCUT2D eigenvalue weighted by molar-refractivity contribution is -0.274. The van der Waals surface area contributed by atoms with E-state index in [0.717, 1.165) is 12.1 Å². The van der Waals surface area contributed by atoms with Gasteiger partial charge in [0, 0.05) is 24.5 Å². The van der Waals surface area contributed by atoms with Gasteiger partial charge < -0.3 is 20.3 Å². The summed E-state index contributed by atoms with van der Waals surface area (Å²) < 4.78 is 40.4. The summed E-state index contributed by atoms with van der Waals surface area (Å²) in [5, 5.41) is 5.47. The number of nitrogens with zero attached hydrogens (tertiary/aromatic N) is 1. The van der Waals surface area contributed by atoms with Crippen molar-refractivity contribution in [1.82, 2.24) is 4.90 Å². The van der Waals surface area contributed by atoms with Crippen LogP contribution < -0.4 is 15.4 Å². The summed E-state index contributed by atoms with van der Waals surface area (Å²) in [6.07, 6.45) is -3.47. The number of carbonyl (C=O) groups excluding carboxylic acids is 2. The van der Waals surface area contributed by atoms with Gasteiger partial charge in [0.05, 0.1) is 5.92 Å². The highest BCUT2D eigenvalue weighted by Gasteiger charge is 2.31. The predicted molar refractivity (Wildman–Crippen MR) is 102 cm³/mol. The molecule has 1 fully saturated rings. The van der Waals surface area contributed by atoms with Crippen LogP contribution in [0.5, 0.6) is 5.75 Å². The molecule has 0 aliphatic carbocycles. The Balaban J connectivity index is 1.54. The van der Waals surface area contributed by atoms with Crippen molar-refractivity contribution >= 4 is 23.3 Å². The second kappa shape index (κ2) is 8.85. The highest BCUT2D eigenvalue weighted by Crippen LogP contribution is 2.25. The third-order valence-electron chi connectivity index (χ3n) is 4.46. The number of rotatable bonds is 4. The van der Waals surface area contributed by atoms with Crippen LogP contribution in [0.2, 0.25) is 0 Å². The maximum absolute atomic E-state index is 12.5. The van der Waals surface area contributed by atoms with Crippen LogP contribution in [-0.2, 0) is 4.79 Å². The fourth-order valence-electron chi connectivity index (χ4n) is 3.08. The summed E-state index contributed by atoms with van der Waals surface area (Å²) in [6.45, 7) is 0.811. The number of urea groups is 1. The van der Waals surface area contributed by atoms with Crippen molar-refractivity contribution in [3.63, 3.8) is 0 Å². The molecule has 154 valence electrons. The number of likely N-dealkylation sites (tertiary alicyclic amines) is 1. The normalized spacial score (nSPS) is 16.8. The summed E-state index contributed by atoms with van der Waals surface area (Å²) in [4.78, 5) is 26.5. The van der Waals surface area contributed by atoms with E-state index in [1.807, 2.05) is 18.2 Å². The minimum Gasteiger partial charge on any atom is -0.406 e. The number of benzene rings is 2. The van der Waals surface area contributed by atoms with Gasteiger partial charge in [0.15, 0.2) is 0 Å². The quantitative estimate of drug-likeness (QED) is 0.786. The number of hydrogen-bond acceptors (Lipinski definition) is 3. The molecule has 1 aliphatic heterocycles. The second-order valence-electron chi connectivity index (χ2n) is 6.64. The van der Waals surface area contributed by atoms with E-state index in [2.05, 4.69) is 15.4 Å². The molecular weight excluding hydrogens is 387 g/mol.